The molecule has 1 nitrogen and oxygen atoms in total. The standard InChI is InChI=1S/C15H13ClF3N/c1-2-20-8-9-3-4-10(12(16)5-9)11-6-14(18)15(19)7-13(11)17/h3-7,20H,2,8H2,1H3. The van der Waals surface area contributed by atoms with Crippen LogP contribution in [0.3, 0.4) is 0 Å². The van der Waals surface area contributed by atoms with Crippen LogP contribution in [0.2, 0.25) is 5.02 Å². The molecule has 0 fully saturated rings. The summed E-state index contributed by atoms with van der Waals surface area (Å²) < 4.78 is 39.9. The fraction of sp³-hybridized carbons (Fsp3) is 0.200. The molecule has 2 rings (SSSR count). The van der Waals surface area contributed by atoms with Gasteiger partial charge in [0.1, 0.15) is 5.82 Å². The molecule has 0 bridgehead atoms. The van der Waals surface area contributed by atoms with Crippen molar-refractivity contribution in [3.8, 4) is 11.1 Å². The van der Waals surface area contributed by atoms with Crippen LogP contribution >= 0.6 is 11.6 Å². The number of halogens is 4. The normalized spacial score (nSPS) is 10.8. The Morgan fingerprint density at radius 1 is 0.950 bits per heavy atom. The van der Waals surface area contributed by atoms with Gasteiger partial charge < -0.3 is 5.32 Å². The lowest BCUT2D eigenvalue weighted by atomic mass is 10.0. The molecule has 0 unspecified atom stereocenters. The highest BCUT2D eigenvalue weighted by Crippen LogP contribution is 2.31. The Labute approximate surface area is 120 Å². The average Bonchev–Trinajstić information content (AvgIpc) is 2.41. The van der Waals surface area contributed by atoms with Crippen LogP contribution in [0.4, 0.5) is 13.2 Å². The topological polar surface area (TPSA) is 12.0 Å². The minimum Gasteiger partial charge on any atom is -0.313 e. The molecule has 0 radical (unpaired) electrons. The van der Waals surface area contributed by atoms with Gasteiger partial charge in [0.25, 0.3) is 0 Å². The molecule has 0 saturated carbocycles. The van der Waals surface area contributed by atoms with Gasteiger partial charge in [0.2, 0.25) is 0 Å². The van der Waals surface area contributed by atoms with Gasteiger partial charge >= 0.3 is 0 Å². The van der Waals surface area contributed by atoms with E-state index in [1.807, 2.05) is 6.92 Å². The summed E-state index contributed by atoms with van der Waals surface area (Å²) in [5.74, 6) is -3.16. The summed E-state index contributed by atoms with van der Waals surface area (Å²) in [7, 11) is 0. The highest BCUT2D eigenvalue weighted by atomic mass is 35.5. The number of benzene rings is 2. The van der Waals surface area contributed by atoms with Gasteiger partial charge in [-0.15, -0.1) is 0 Å². The van der Waals surface area contributed by atoms with Crippen molar-refractivity contribution in [2.75, 3.05) is 6.54 Å². The Bertz CT molecular complexity index is 629. The Kier molecular flexibility index (Phi) is 4.68. The van der Waals surface area contributed by atoms with Crippen molar-refractivity contribution >= 4 is 11.6 Å². The van der Waals surface area contributed by atoms with Crippen molar-refractivity contribution in [2.45, 2.75) is 13.5 Å². The second-order valence-corrected chi connectivity index (χ2v) is 4.75. The third-order valence-electron chi connectivity index (χ3n) is 2.91. The zero-order valence-electron chi connectivity index (χ0n) is 10.8. The molecule has 2 aromatic carbocycles. The lowest BCUT2D eigenvalue weighted by Gasteiger charge is -2.09. The van der Waals surface area contributed by atoms with Crippen LogP contribution in [-0.4, -0.2) is 6.54 Å². The van der Waals surface area contributed by atoms with Gasteiger partial charge in [0.05, 0.1) is 0 Å². The summed E-state index contributed by atoms with van der Waals surface area (Å²) in [4.78, 5) is 0. The predicted octanol–water partition coefficient (Wildman–Crippen LogP) is 4.53. The van der Waals surface area contributed by atoms with Crippen LogP contribution in [-0.2, 0) is 6.54 Å². The third-order valence-corrected chi connectivity index (χ3v) is 3.23. The van der Waals surface area contributed by atoms with E-state index in [0.717, 1.165) is 18.2 Å². The third kappa shape index (κ3) is 3.14. The van der Waals surface area contributed by atoms with E-state index in [1.165, 1.54) is 0 Å². The Morgan fingerprint density at radius 3 is 2.30 bits per heavy atom. The maximum absolute atomic E-state index is 13.7. The summed E-state index contributed by atoms with van der Waals surface area (Å²) in [5, 5.41) is 3.43. The fourth-order valence-electron chi connectivity index (χ4n) is 1.89. The molecule has 0 aliphatic heterocycles. The summed E-state index contributed by atoms with van der Waals surface area (Å²) in [6.45, 7) is 3.43. The predicted molar refractivity (Wildman–Crippen MR) is 74.1 cm³/mol. The first-order valence-electron chi connectivity index (χ1n) is 6.17. The Morgan fingerprint density at radius 2 is 1.65 bits per heavy atom. The van der Waals surface area contributed by atoms with E-state index in [-0.39, 0.29) is 5.56 Å². The summed E-state index contributed by atoms with van der Waals surface area (Å²) in [6, 6.07) is 6.39. The largest absolute Gasteiger partial charge is 0.313 e. The van der Waals surface area contributed by atoms with Crippen LogP contribution < -0.4 is 5.32 Å². The molecule has 2 aromatic rings. The van der Waals surface area contributed by atoms with Gasteiger partial charge in [0, 0.05) is 28.8 Å². The van der Waals surface area contributed by atoms with E-state index in [9.17, 15) is 13.2 Å². The van der Waals surface area contributed by atoms with Crippen molar-refractivity contribution in [1.82, 2.24) is 5.32 Å². The summed E-state index contributed by atoms with van der Waals surface area (Å²) in [6.07, 6.45) is 0. The number of hydrogen-bond acceptors (Lipinski definition) is 1. The smallest absolute Gasteiger partial charge is 0.161 e. The van der Waals surface area contributed by atoms with E-state index in [0.29, 0.717) is 23.2 Å². The van der Waals surface area contributed by atoms with Gasteiger partial charge in [-0.25, -0.2) is 13.2 Å². The first kappa shape index (κ1) is 14.9. The molecule has 0 saturated heterocycles. The number of nitrogens with one attached hydrogen (secondary N) is 1. The lowest BCUT2D eigenvalue weighted by Crippen LogP contribution is -2.11. The van der Waals surface area contributed by atoms with Crippen LogP contribution in [0.1, 0.15) is 12.5 Å². The minimum atomic E-state index is -1.22. The Hall–Kier alpha value is -1.52. The second kappa shape index (κ2) is 6.29. The monoisotopic (exact) mass is 299 g/mol. The fourth-order valence-corrected chi connectivity index (χ4v) is 2.19. The van der Waals surface area contributed by atoms with Crippen molar-refractivity contribution in [2.24, 2.45) is 0 Å². The highest BCUT2D eigenvalue weighted by Gasteiger charge is 2.14. The molecular formula is C15H13ClF3N. The molecule has 0 spiro atoms. The SMILES string of the molecule is CCNCc1ccc(-c2cc(F)c(F)cc2F)c(Cl)c1. The first-order chi connectivity index (χ1) is 9.52. The summed E-state index contributed by atoms with van der Waals surface area (Å²) in [5.41, 5.74) is 1.22. The highest BCUT2D eigenvalue weighted by molar-refractivity contribution is 6.33. The van der Waals surface area contributed by atoms with Gasteiger partial charge in [-0.05, 0) is 24.2 Å². The maximum Gasteiger partial charge on any atom is 0.161 e. The van der Waals surface area contributed by atoms with E-state index >= 15 is 0 Å². The second-order valence-electron chi connectivity index (χ2n) is 4.34. The molecule has 0 aromatic heterocycles. The Balaban J connectivity index is 2.41. The van der Waals surface area contributed by atoms with Gasteiger partial charge in [-0.3, -0.25) is 0 Å². The quantitative estimate of drug-likeness (QED) is 0.818. The van der Waals surface area contributed by atoms with E-state index < -0.39 is 17.5 Å². The van der Waals surface area contributed by atoms with Crippen molar-refractivity contribution in [3.05, 3.63) is 58.4 Å². The molecule has 1 N–H and O–H groups in total. The van der Waals surface area contributed by atoms with Gasteiger partial charge in [-0.2, -0.15) is 0 Å². The van der Waals surface area contributed by atoms with Crippen LogP contribution in [0.15, 0.2) is 30.3 Å². The van der Waals surface area contributed by atoms with Crippen LogP contribution in [0.5, 0.6) is 0 Å². The molecular weight excluding hydrogens is 287 g/mol. The van der Waals surface area contributed by atoms with E-state index in [1.54, 1.807) is 18.2 Å². The van der Waals surface area contributed by atoms with Crippen LogP contribution in [0, 0.1) is 17.5 Å². The van der Waals surface area contributed by atoms with Gasteiger partial charge in [-0.1, -0.05) is 30.7 Å². The molecule has 0 heterocycles. The molecule has 0 amide bonds. The molecule has 0 atom stereocenters. The minimum absolute atomic E-state index is 0.0519. The van der Waals surface area contributed by atoms with Crippen molar-refractivity contribution in [3.63, 3.8) is 0 Å². The molecule has 20 heavy (non-hydrogen) atoms. The molecule has 0 aliphatic rings. The lowest BCUT2D eigenvalue weighted by molar-refractivity contribution is 0.496. The van der Waals surface area contributed by atoms with Crippen molar-refractivity contribution < 1.29 is 13.2 Å². The first-order valence-corrected chi connectivity index (χ1v) is 6.54. The zero-order valence-corrected chi connectivity index (χ0v) is 11.6. The molecule has 5 heteroatoms. The zero-order chi connectivity index (χ0) is 14.7. The number of hydrogen-bond donors (Lipinski definition) is 1. The van der Waals surface area contributed by atoms with Gasteiger partial charge in [0.15, 0.2) is 11.6 Å². The van der Waals surface area contributed by atoms with E-state index in [2.05, 4.69) is 5.32 Å². The van der Waals surface area contributed by atoms with Crippen molar-refractivity contribution in [1.29, 1.82) is 0 Å². The summed E-state index contributed by atoms with van der Waals surface area (Å²) >= 11 is 6.10. The van der Waals surface area contributed by atoms with E-state index in [4.69, 9.17) is 11.6 Å². The molecule has 0 aliphatic carbocycles. The maximum atomic E-state index is 13.7. The van der Waals surface area contributed by atoms with Crippen LogP contribution in [0.25, 0.3) is 11.1 Å². The average molecular weight is 300 g/mol. The number of rotatable bonds is 4. The molecule has 106 valence electrons.